The zero-order valence-corrected chi connectivity index (χ0v) is 12.7. The lowest BCUT2D eigenvalue weighted by molar-refractivity contribution is 0.0315. The Bertz CT molecular complexity index is 615. The quantitative estimate of drug-likeness (QED) is 0.443. The average molecular weight is 308 g/mol. The highest BCUT2D eigenvalue weighted by Gasteiger charge is 2.13. The molecule has 0 aliphatic carbocycles. The van der Waals surface area contributed by atoms with Crippen LogP contribution in [0.2, 0.25) is 5.15 Å². The van der Waals surface area contributed by atoms with Crippen molar-refractivity contribution in [2.45, 2.75) is 19.8 Å². The van der Waals surface area contributed by atoms with Gasteiger partial charge in [0.05, 0.1) is 17.7 Å². The summed E-state index contributed by atoms with van der Waals surface area (Å²) in [5.74, 6) is -0.408. The summed E-state index contributed by atoms with van der Waals surface area (Å²) in [6.45, 7) is 3.43. The molecule has 112 valence electrons. The van der Waals surface area contributed by atoms with Crippen LogP contribution in [0.1, 0.15) is 30.1 Å². The number of halogens is 1. The van der Waals surface area contributed by atoms with Crippen molar-refractivity contribution in [1.29, 1.82) is 0 Å². The molecule has 5 heteroatoms. The highest BCUT2D eigenvalue weighted by atomic mass is 35.5. The number of esters is 1. The maximum Gasteiger partial charge on any atom is 0.339 e. The molecule has 0 radical (unpaired) electrons. The first-order chi connectivity index (χ1) is 10.2. The van der Waals surface area contributed by atoms with Crippen molar-refractivity contribution in [2.24, 2.45) is 0 Å². The predicted octanol–water partition coefficient (Wildman–Crippen LogP) is 3.86. The molecular formula is C16H18ClNO3. The number of pyridine rings is 1. The van der Waals surface area contributed by atoms with Crippen LogP contribution in [0.3, 0.4) is 0 Å². The van der Waals surface area contributed by atoms with Crippen molar-refractivity contribution < 1.29 is 14.3 Å². The Labute approximate surface area is 129 Å². The molecule has 2 aromatic rings. The number of benzene rings is 1. The Morgan fingerprint density at radius 2 is 2.05 bits per heavy atom. The molecular weight excluding hydrogens is 290 g/mol. The van der Waals surface area contributed by atoms with Crippen LogP contribution in [-0.2, 0) is 9.47 Å². The summed E-state index contributed by atoms with van der Waals surface area (Å²) in [5.41, 5.74) is 1.11. The molecule has 0 N–H and O–H groups in total. The van der Waals surface area contributed by atoms with Gasteiger partial charge in [-0.25, -0.2) is 9.78 Å². The summed E-state index contributed by atoms with van der Waals surface area (Å²) in [5, 5.41) is 1.01. The fourth-order valence-corrected chi connectivity index (χ4v) is 2.13. The molecule has 1 aromatic carbocycles. The number of aromatic nitrogens is 1. The Hall–Kier alpha value is -1.65. The van der Waals surface area contributed by atoms with Crippen LogP contribution >= 0.6 is 11.6 Å². The molecule has 0 atom stereocenters. The molecule has 1 heterocycles. The van der Waals surface area contributed by atoms with Crippen molar-refractivity contribution in [3.05, 3.63) is 41.0 Å². The van der Waals surface area contributed by atoms with Gasteiger partial charge in [-0.15, -0.1) is 0 Å². The molecule has 0 unspecified atom stereocenters. The van der Waals surface area contributed by atoms with E-state index in [0.29, 0.717) is 24.3 Å². The van der Waals surface area contributed by atoms with Crippen molar-refractivity contribution in [1.82, 2.24) is 4.98 Å². The third-order valence-electron chi connectivity index (χ3n) is 3.01. The smallest absolute Gasteiger partial charge is 0.339 e. The van der Waals surface area contributed by atoms with Gasteiger partial charge in [0.2, 0.25) is 0 Å². The van der Waals surface area contributed by atoms with Crippen molar-refractivity contribution in [3.8, 4) is 0 Å². The van der Waals surface area contributed by atoms with Crippen molar-refractivity contribution in [2.75, 3.05) is 19.8 Å². The molecule has 0 fully saturated rings. The Morgan fingerprint density at radius 3 is 2.86 bits per heavy atom. The predicted molar refractivity (Wildman–Crippen MR) is 82.8 cm³/mol. The molecule has 0 amide bonds. The lowest BCUT2D eigenvalue weighted by atomic mass is 10.1. The van der Waals surface area contributed by atoms with E-state index in [1.807, 2.05) is 24.3 Å². The first-order valence-corrected chi connectivity index (χ1v) is 7.40. The summed E-state index contributed by atoms with van der Waals surface area (Å²) in [6.07, 6.45) is 2.10. The molecule has 21 heavy (non-hydrogen) atoms. The van der Waals surface area contributed by atoms with Crippen LogP contribution in [0, 0.1) is 0 Å². The van der Waals surface area contributed by atoms with Crippen LogP contribution in [0.5, 0.6) is 0 Å². The van der Waals surface area contributed by atoms with E-state index in [0.717, 1.165) is 18.2 Å². The maximum absolute atomic E-state index is 12.1. The Morgan fingerprint density at radius 1 is 1.24 bits per heavy atom. The first-order valence-electron chi connectivity index (χ1n) is 7.02. The highest BCUT2D eigenvalue weighted by Crippen LogP contribution is 2.21. The van der Waals surface area contributed by atoms with Gasteiger partial charge in [0.15, 0.2) is 0 Å². The van der Waals surface area contributed by atoms with Gasteiger partial charge < -0.3 is 9.47 Å². The van der Waals surface area contributed by atoms with Gasteiger partial charge in [0, 0.05) is 12.0 Å². The van der Waals surface area contributed by atoms with E-state index in [-0.39, 0.29) is 11.8 Å². The fourth-order valence-electron chi connectivity index (χ4n) is 1.93. The average Bonchev–Trinajstić information content (AvgIpc) is 2.49. The van der Waals surface area contributed by atoms with Crippen LogP contribution in [0.25, 0.3) is 10.9 Å². The van der Waals surface area contributed by atoms with Gasteiger partial charge in [-0.1, -0.05) is 43.1 Å². The molecule has 0 saturated carbocycles. The van der Waals surface area contributed by atoms with Crippen LogP contribution in [0.4, 0.5) is 0 Å². The number of carbonyl (C=O) groups is 1. The minimum Gasteiger partial charge on any atom is -0.460 e. The molecule has 0 spiro atoms. The number of para-hydroxylation sites is 1. The number of rotatable bonds is 7. The summed E-state index contributed by atoms with van der Waals surface area (Å²) in [6, 6.07) is 8.87. The lowest BCUT2D eigenvalue weighted by Gasteiger charge is -2.08. The molecule has 0 bridgehead atoms. The number of ether oxygens (including phenoxy) is 2. The topological polar surface area (TPSA) is 48.4 Å². The van der Waals surface area contributed by atoms with Gasteiger partial charge in [0.1, 0.15) is 11.8 Å². The number of carbonyl (C=O) groups excluding carboxylic acids is 1. The summed E-state index contributed by atoms with van der Waals surface area (Å²) >= 11 is 5.94. The second kappa shape index (κ2) is 7.96. The normalized spacial score (nSPS) is 10.8. The molecule has 2 rings (SSSR count). The number of fused-ring (bicyclic) bond motifs is 1. The van der Waals surface area contributed by atoms with Crippen molar-refractivity contribution in [3.63, 3.8) is 0 Å². The van der Waals surface area contributed by atoms with Crippen LogP contribution in [0.15, 0.2) is 30.3 Å². The van der Waals surface area contributed by atoms with Crippen LogP contribution < -0.4 is 0 Å². The highest BCUT2D eigenvalue weighted by molar-refractivity contribution is 6.30. The van der Waals surface area contributed by atoms with E-state index >= 15 is 0 Å². The molecule has 0 aliphatic heterocycles. The zero-order valence-electron chi connectivity index (χ0n) is 12.0. The van der Waals surface area contributed by atoms with E-state index in [1.165, 1.54) is 6.07 Å². The molecule has 4 nitrogen and oxygen atoms in total. The second-order valence-electron chi connectivity index (χ2n) is 4.61. The SMILES string of the molecule is CCCCOCCOC(=O)c1cc(Cl)nc2ccccc12. The second-order valence-corrected chi connectivity index (χ2v) is 5.00. The summed E-state index contributed by atoms with van der Waals surface area (Å²) < 4.78 is 10.6. The summed E-state index contributed by atoms with van der Waals surface area (Å²) in [7, 11) is 0. The first kappa shape index (κ1) is 15.7. The van der Waals surface area contributed by atoms with Crippen molar-refractivity contribution >= 4 is 28.5 Å². The van der Waals surface area contributed by atoms with E-state index in [2.05, 4.69) is 11.9 Å². The third-order valence-corrected chi connectivity index (χ3v) is 3.20. The Balaban J connectivity index is 1.99. The number of nitrogens with zero attached hydrogens (tertiary/aromatic N) is 1. The largest absolute Gasteiger partial charge is 0.460 e. The van der Waals surface area contributed by atoms with Gasteiger partial charge >= 0.3 is 5.97 Å². The van der Waals surface area contributed by atoms with E-state index in [9.17, 15) is 4.79 Å². The Kier molecular flexibility index (Phi) is 5.96. The van der Waals surface area contributed by atoms with Crippen LogP contribution in [-0.4, -0.2) is 30.8 Å². The molecule has 0 saturated heterocycles. The van der Waals surface area contributed by atoms with E-state index < -0.39 is 5.97 Å². The van der Waals surface area contributed by atoms with Gasteiger partial charge in [-0.05, 0) is 18.6 Å². The molecule has 1 aromatic heterocycles. The number of unbranched alkanes of at least 4 members (excludes halogenated alkanes) is 1. The minimum atomic E-state index is -0.408. The molecule has 0 aliphatic rings. The van der Waals surface area contributed by atoms with Gasteiger partial charge in [0.25, 0.3) is 0 Å². The fraction of sp³-hybridized carbons (Fsp3) is 0.375. The summed E-state index contributed by atoms with van der Waals surface area (Å²) in [4.78, 5) is 16.3. The van der Waals surface area contributed by atoms with E-state index in [4.69, 9.17) is 21.1 Å². The standard InChI is InChI=1S/C16H18ClNO3/c1-2-3-8-20-9-10-21-16(19)13-11-15(17)18-14-7-5-4-6-12(13)14/h4-7,11H,2-3,8-10H2,1H3. The van der Waals surface area contributed by atoms with E-state index in [1.54, 1.807) is 0 Å². The minimum absolute atomic E-state index is 0.233. The monoisotopic (exact) mass is 307 g/mol. The van der Waals surface area contributed by atoms with Gasteiger partial charge in [-0.2, -0.15) is 0 Å². The number of hydrogen-bond donors (Lipinski definition) is 0. The third kappa shape index (κ3) is 4.41. The number of hydrogen-bond acceptors (Lipinski definition) is 4. The lowest BCUT2D eigenvalue weighted by Crippen LogP contribution is -2.12. The zero-order chi connectivity index (χ0) is 15.1. The maximum atomic E-state index is 12.1. The van der Waals surface area contributed by atoms with Gasteiger partial charge in [-0.3, -0.25) is 0 Å².